The molecule has 26 heavy (non-hydrogen) atoms. The van der Waals surface area contributed by atoms with Crippen molar-refractivity contribution in [1.82, 2.24) is 10.2 Å². The molecule has 0 aromatic heterocycles. The molecule has 1 aromatic carbocycles. The van der Waals surface area contributed by atoms with Crippen LogP contribution in [0.2, 0.25) is 0 Å². The highest BCUT2D eigenvalue weighted by molar-refractivity contribution is 6.10. The van der Waals surface area contributed by atoms with Crippen molar-refractivity contribution in [2.45, 2.75) is 51.5 Å². The normalized spacial score (nSPS) is 25.5. The average molecular weight is 361 g/mol. The number of anilines is 1. The number of rotatable bonds is 4. The van der Waals surface area contributed by atoms with Crippen LogP contribution in [-0.4, -0.2) is 34.8 Å². The molecule has 4 amide bonds. The molecule has 140 valence electrons. The molecule has 1 aliphatic heterocycles. The van der Waals surface area contributed by atoms with Gasteiger partial charge in [0.2, 0.25) is 5.91 Å². The topological polar surface area (TPSA) is 78.5 Å². The smallest absolute Gasteiger partial charge is 0.324 e. The van der Waals surface area contributed by atoms with Crippen LogP contribution in [0.1, 0.15) is 44.6 Å². The molecule has 1 heterocycles. The lowest BCUT2D eigenvalue weighted by Gasteiger charge is -2.34. The van der Waals surface area contributed by atoms with E-state index < -0.39 is 23.3 Å². The highest BCUT2D eigenvalue weighted by Gasteiger charge is 2.52. The molecule has 1 saturated carbocycles. The molecule has 2 aliphatic rings. The van der Waals surface area contributed by atoms with E-state index in [9.17, 15) is 18.8 Å². The second kappa shape index (κ2) is 7.05. The second-order valence-corrected chi connectivity index (χ2v) is 7.26. The Kier molecular flexibility index (Phi) is 4.98. The zero-order valence-electron chi connectivity index (χ0n) is 15.1. The number of nitrogens with one attached hydrogen (secondary N) is 2. The molecule has 7 heteroatoms. The molecule has 1 aliphatic carbocycles. The zero-order chi connectivity index (χ0) is 18.9. The van der Waals surface area contributed by atoms with E-state index in [1.54, 1.807) is 13.0 Å². The van der Waals surface area contributed by atoms with E-state index in [0.29, 0.717) is 30.0 Å². The van der Waals surface area contributed by atoms with Crippen LogP contribution in [0.5, 0.6) is 0 Å². The van der Waals surface area contributed by atoms with Crippen LogP contribution >= 0.6 is 0 Å². The number of carbonyl (C=O) groups is 3. The summed E-state index contributed by atoms with van der Waals surface area (Å²) in [6.45, 7) is 3.49. The summed E-state index contributed by atoms with van der Waals surface area (Å²) in [5.41, 5.74) is 0.171. The number of imide groups is 1. The fraction of sp³-hybridized carbons (Fsp3) is 0.526. The minimum atomic E-state index is -0.863. The zero-order valence-corrected chi connectivity index (χ0v) is 15.1. The van der Waals surface area contributed by atoms with Gasteiger partial charge in [-0.05, 0) is 56.2 Å². The van der Waals surface area contributed by atoms with Crippen LogP contribution in [0.4, 0.5) is 14.9 Å². The first kappa shape index (κ1) is 18.4. The van der Waals surface area contributed by atoms with Gasteiger partial charge in [-0.15, -0.1) is 0 Å². The number of amides is 4. The summed E-state index contributed by atoms with van der Waals surface area (Å²) in [5.74, 6) is -0.740. The molecular formula is C19H24FN3O3. The van der Waals surface area contributed by atoms with Crippen LogP contribution in [0, 0.1) is 18.7 Å². The fourth-order valence-corrected chi connectivity index (χ4v) is 3.80. The summed E-state index contributed by atoms with van der Waals surface area (Å²) in [7, 11) is 0. The van der Waals surface area contributed by atoms with Crippen molar-refractivity contribution < 1.29 is 18.8 Å². The summed E-state index contributed by atoms with van der Waals surface area (Å²) in [5, 5.41) is 5.37. The first-order valence-corrected chi connectivity index (χ1v) is 9.05. The van der Waals surface area contributed by atoms with E-state index in [1.165, 1.54) is 12.1 Å². The average Bonchev–Trinajstić information content (AvgIpc) is 2.83. The van der Waals surface area contributed by atoms with Gasteiger partial charge >= 0.3 is 6.03 Å². The SMILES string of the molecule is CCC1CCC2(CC1)NC(=O)N(CC(=O)Nc1cc(F)ccc1C)C2=O. The van der Waals surface area contributed by atoms with Gasteiger partial charge in [0.25, 0.3) is 5.91 Å². The second-order valence-electron chi connectivity index (χ2n) is 7.26. The van der Waals surface area contributed by atoms with Gasteiger partial charge in [-0.2, -0.15) is 0 Å². The highest BCUT2D eigenvalue weighted by Crippen LogP contribution is 2.37. The van der Waals surface area contributed by atoms with Crippen LogP contribution in [0.3, 0.4) is 0 Å². The number of urea groups is 1. The van der Waals surface area contributed by atoms with Crippen molar-refractivity contribution >= 4 is 23.5 Å². The number of hydrogen-bond donors (Lipinski definition) is 2. The minimum Gasteiger partial charge on any atom is -0.324 e. The van der Waals surface area contributed by atoms with Crippen molar-refractivity contribution in [2.24, 2.45) is 5.92 Å². The quantitative estimate of drug-likeness (QED) is 0.810. The Morgan fingerprint density at radius 2 is 2.04 bits per heavy atom. The van der Waals surface area contributed by atoms with Crippen molar-refractivity contribution in [3.8, 4) is 0 Å². The Hall–Kier alpha value is -2.44. The van der Waals surface area contributed by atoms with Gasteiger partial charge in [0.1, 0.15) is 17.9 Å². The summed E-state index contributed by atoms with van der Waals surface area (Å²) in [6.07, 6.45) is 4.07. The highest BCUT2D eigenvalue weighted by atomic mass is 19.1. The van der Waals surface area contributed by atoms with Crippen LogP contribution < -0.4 is 10.6 Å². The predicted molar refractivity (Wildman–Crippen MR) is 95.0 cm³/mol. The van der Waals surface area contributed by atoms with Gasteiger partial charge in [0, 0.05) is 5.69 Å². The number of halogens is 1. The molecule has 1 saturated heterocycles. The molecule has 0 radical (unpaired) electrons. The summed E-state index contributed by atoms with van der Waals surface area (Å²) >= 11 is 0. The van der Waals surface area contributed by atoms with Gasteiger partial charge in [-0.25, -0.2) is 9.18 Å². The standard InChI is InChI=1S/C19H24FN3O3/c1-3-13-6-8-19(9-7-13)17(25)23(18(26)22-19)11-16(24)21-15-10-14(20)5-4-12(15)2/h4-5,10,13H,3,6-9,11H2,1-2H3,(H,21,24)(H,22,26). The monoisotopic (exact) mass is 361 g/mol. The molecular weight excluding hydrogens is 337 g/mol. The predicted octanol–water partition coefficient (Wildman–Crippen LogP) is 2.96. The van der Waals surface area contributed by atoms with Gasteiger partial charge in [0.05, 0.1) is 0 Å². The summed E-state index contributed by atoms with van der Waals surface area (Å²) in [6, 6.07) is 3.54. The lowest BCUT2D eigenvalue weighted by Crippen LogP contribution is -2.49. The summed E-state index contributed by atoms with van der Waals surface area (Å²) in [4.78, 5) is 38.3. The lowest BCUT2D eigenvalue weighted by atomic mass is 9.75. The lowest BCUT2D eigenvalue weighted by molar-refractivity contribution is -0.135. The van der Waals surface area contributed by atoms with Crippen LogP contribution in [-0.2, 0) is 9.59 Å². The molecule has 0 unspecified atom stereocenters. The van der Waals surface area contributed by atoms with Crippen LogP contribution in [0.15, 0.2) is 18.2 Å². The first-order valence-electron chi connectivity index (χ1n) is 9.05. The van der Waals surface area contributed by atoms with Crippen LogP contribution in [0.25, 0.3) is 0 Å². The largest absolute Gasteiger partial charge is 0.325 e. The third-order valence-corrected chi connectivity index (χ3v) is 5.56. The van der Waals surface area contributed by atoms with E-state index in [0.717, 1.165) is 24.2 Å². The third-order valence-electron chi connectivity index (χ3n) is 5.56. The Balaban J connectivity index is 1.66. The van der Waals surface area contributed by atoms with E-state index in [4.69, 9.17) is 0 Å². The Labute approximate surface area is 152 Å². The van der Waals surface area contributed by atoms with Crippen molar-refractivity contribution in [3.05, 3.63) is 29.6 Å². The molecule has 2 N–H and O–H groups in total. The molecule has 6 nitrogen and oxygen atoms in total. The molecule has 1 spiro atoms. The number of aryl methyl sites for hydroxylation is 1. The van der Waals surface area contributed by atoms with Gasteiger partial charge in [0.15, 0.2) is 0 Å². The maximum atomic E-state index is 13.3. The summed E-state index contributed by atoms with van der Waals surface area (Å²) < 4.78 is 13.3. The van der Waals surface area contributed by atoms with Crippen molar-refractivity contribution in [3.63, 3.8) is 0 Å². The Bertz CT molecular complexity index is 742. The molecule has 1 aromatic rings. The molecule has 0 bridgehead atoms. The molecule has 0 atom stereocenters. The number of nitrogens with zero attached hydrogens (tertiary/aromatic N) is 1. The number of hydrogen-bond acceptors (Lipinski definition) is 3. The van der Waals surface area contributed by atoms with E-state index >= 15 is 0 Å². The maximum Gasteiger partial charge on any atom is 0.325 e. The first-order chi connectivity index (χ1) is 12.3. The number of carbonyl (C=O) groups excluding carboxylic acids is 3. The van der Waals surface area contributed by atoms with Crippen molar-refractivity contribution in [2.75, 3.05) is 11.9 Å². The van der Waals surface area contributed by atoms with E-state index in [-0.39, 0.29) is 12.5 Å². The van der Waals surface area contributed by atoms with Gasteiger partial charge in [-0.3, -0.25) is 14.5 Å². The van der Waals surface area contributed by atoms with E-state index in [1.807, 2.05) is 0 Å². The third kappa shape index (κ3) is 3.43. The van der Waals surface area contributed by atoms with Crippen molar-refractivity contribution in [1.29, 1.82) is 0 Å². The fourth-order valence-electron chi connectivity index (χ4n) is 3.80. The Morgan fingerprint density at radius 1 is 1.35 bits per heavy atom. The molecule has 3 rings (SSSR count). The van der Waals surface area contributed by atoms with Gasteiger partial charge < -0.3 is 10.6 Å². The van der Waals surface area contributed by atoms with Gasteiger partial charge in [-0.1, -0.05) is 19.4 Å². The maximum absolute atomic E-state index is 13.3. The minimum absolute atomic E-state index is 0.330. The number of benzene rings is 1. The molecule has 2 fully saturated rings. The Morgan fingerprint density at radius 3 is 2.69 bits per heavy atom. The van der Waals surface area contributed by atoms with E-state index in [2.05, 4.69) is 17.6 Å².